The first-order chi connectivity index (χ1) is 11.9. The number of hydrogen-bond donors (Lipinski definition) is 2. The second-order valence-electron chi connectivity index (χ2n) is 6.02. The molecule has 6 nitrogen and oxygen atoms in total. The van der Waals surface area contributed by atoms with E-state index in [9.17, 15) is 9.59 Å². The van der Waals surface area contributed by atoms with Gasteiger partial charge in [-0.3, -0.25) is 9.59 Å². The molecule has 2 aromatic rings. The molecule has 2 N–H and O–H groups in total. The van der Waals surface area contributed by atoms with E-state index in [1.54, 1.807) is 16.8 Å². The van der Waals surface area contributed by atoms with E-state index in [2.05, 4.69) is 15.7 Å². The van der Waals surface area contributed by atoms with Gasteiger partial charge in [0.05, 0.1) is 29.7 Å². The van der Waals surface area contributed by atoms with E-state index in [-0.39, 0.29) is 24.3 Å². The molecule has 0 saturated carbocycles. The van der Waals surface area contributed by atoms with Crippen LogP contribution in [0.1, 0.15) is 49.2 Å². The van der Waals surface area contributed by atoms with Crippen LogP contribution in [0.4, 0.5) is 0 Å². The molecule has 1 heterocycles. The van der Waals surface area contributed by atoms with E-state index in [0.29, 0.717) is 17.1 Å². The zero-order valence-electron chi connectivity index (χ0n) is 14.7. The van der Waals surface area contributed by atoms with Crippen molar-refractivity contribution in [3.05, 3.63) is 46.7 Å². The lowest BCUT2D eigenvalue weighted by atomic mass is 10.1. The van der Waals surface area contributed by atoms with Crippen LogP contribution in [0.2, 0.25) is 5.02 Å². The van der Waals surface area contributed by atoms with Gasteiger partial charge in [-0.15, -0.1) is 0 Å². The highest BCUT2D eigenvalue weighted by Gasteiger charge is 2.21. The smallest absolute Gasteiger partial charge is 0.255 e. The Bertz CT molecular complexity index is 755. The maximum Gasteiger partial charge on any atom is 0.255 e. The molecule has 0 aliphatic heterocycles. The van der Waals surface area contributed by atoms with Crippen molar-refractivity contribution in [2.75, 3.05) is 13.1 Å². The molecule has 0 aliphatic carbocycles. The van der Waals surface area contributed by atoms with E-state index in [1.165, 1.54) is 6.20 Å². The molecular formula is C18H23ClN4O2. The number of carbonyl (C=O) groups is 2. The van der Waals surface area contributed by atoms with Crippen LogP contribution in [-0.2, 0) is 4.79 Å². The summed E-state index contributed by atoms with van der Waals surface area (Å²) in [5, 5.41) is 10.3. The van der Waals surface area contributed by atoms with E-state index >= 15 is 0 Å². The SMILES string of the molecule is CCCNC(=O)CNC(=O)c1cnn(-c2cccc(Cl)c2)c1C(C)C. The van der Waals surface area contributed by atoms with Gasteiger partial charge in [-0.05, 0) is 30.5 Å². The molecule has 1 aromatic heterocycles. The predicted octanol–water partition coefficient (Wildman–Crippen LogP) is 2.91. The van der Waals surface area contributed by atoms with Gasteiger partial charge in [-0.25, -0.2) is 4.68 Å². The van der Waals surface area contributed by atoms with E-state index in [0.717, 1.165) is 17.8 Å². The summed E-state index contributed by atoms with van der Waals surface area (Å²) >= 11 is 6.06. The second kappa shape index (κ2) is 8.67. The van der Waals surface area contributed by atoms with Gasteiger partial charge in [0.1, 0.15) is 0 Å². The minimum Gasteiger partial charge on any atom is -0.355 e. The maximum atomic E-state index is 12.5. The summed E-state index contributed by atoms with van der Waals surface area (Å²) in [6.45, 7) is 6.49. The average molecular weight is 363 g/mol. The first-order valence-electron chi connectivity index (χ1n) is 8.32. The van der Waals surface area contributed by atoms with Crippen LogP contribution in [0, 0.1) is 0 Å². The monoisotopic (exact) mass is 362 g/mol. The van der Waals surface area contributed by atoms with Crippen LogP contribution in [0.3, 0.4) is 0 Å². The van der Waals surface area contributed by atoms with Crippen molar-refractivity contribution in [3.63, 3.8) is 0 Å². The van der Waals surface area contributed by atoms with Crippen molar-refractivity contribution in [2.24, 2.45) is 0 Å². The quantitative estimate of drug-likeness (QED) is 0.795. The Balaban J connectivity index is 2.21. The molecule has 0 unspecified atom stereocenters. The van der Waals surface area contributed by atoms with Gasteiger partial charge < -0.3 is 10.6 Å². The number of rotatable bonds is 7. The number of aromatic nitrogens is 2. The van der Waals surface area contributed by atoms with Gasteiger partial charge in [-0.1, -0.05) is 38.4 Å². The summed E-state index contributed by atoms with van der Waals surface area (Å²) in [5.74, 6) is -0.455. The zero-order valence-corrected chi connectivity index (χ0v) is 15.4. The summed E-state index contributed by atoms with van der Waals surface area (Å²) in [4.78, 5) is 24.1. The second-order valence-corrected chi connectivity index (χ2v) is 6.46. The Morgan fingerprint density at radius 3 is 2.68 bits per heavy atom. The lowest BCUT2D eigenvalue weighted by Gasteiger charge is -2.13. The first-order valence-corrected chi connectivity index (χ1v) is 8.70. The number of nitrogens with one attached hydrogen (secondary N) is 2. The van der Waals surface area contributed by atoms with Crippen molar-refractivity contribution in [2.45, 2.75) is 33.1 Å². The fourth-order valence-electron chi connectivity index (χ4n) is 2.48. The highest BCUT2D eigenvalue weighted by Crippen LogP contribution is 2.24. The number of hydrogen-bond acceptors (Lipinski definition) is 3. The van der Waals surface area contributed by atoms with Gasteiger partial charge in [-0.2, -0.15) is 5.10 Å². The molecule has 0 spiro atoms. The van der Waals surface area contributed by atoms with Gasteiger partial charge in [0.15, 0.2) is 0 Å². The lowest BCUT2D eigenvalue weighted by Crippen LogP contribution is -2.37. The minimum absolute atomic E-state index is 0.0568. The Labute approximate surface area is 152 Å². The largest absolute Gasteiger partial charge is 0.355 e. The van der Waals surface area contributed by atoms with Crippen molar-refractivity contribution < 1.29 is 9.59 Å². The van der Waals surface area contributed by atoms with Gasteiger partial charge in [0.2, 0.25) is 5.91 Å². The first kappa shape index (κ1) is 19.0. The third-order valence-electron chi connectivity index (χ3n) is 3.63. The number of amides is 2. The number of nitrogens with zero attached hydrogens (tertiary/aromatic N) is 2. The Morgan fingerprint density at radius 1 is 1.28 bits per heavy atom. The molecule has 134 valence electrons. The molecule has 0 fully saturated rings. The van der Waals surface area contributed by atoms with Crippen molar-refractivity contribution >= 4 is 23.4 Å². The molecular weight excluding hydrogens is 340 g/mol. The minimum atomic E-state index is -0.316. The third kappa shape index (κ3) is 4.82. The number of halogens is 1. The fraction of sp³-hybridized carbons (Fsp3) is 0.389. The summed E-state index contributed by atoms with van der Waals surface area (Å²) in [7, 11) is 0. The summed E-state index contributed by atoms with van der Waals surface area (Å²) in [5.41, 5.74) is 2.02. The van der Waals surface area contributed by atoms with Crippen LogP contribution in [0.15, 0.2) is 30.5 Å². The number of benzene rings is 1. The zero-order chi connectivity index (χ0) is 18.4. The molecule has 2 amide bonds. The molecule has 1 aromatic carbocycles. The maximum absolute atomic E-state index is 12.5. The molecule has 25 heavy (non-hydrogen) atoms. The van der Waals surface area contributed by atoms with Crippen LogP contribution < -0.4 is 10.6 Å². The predicted molar refractivity (Wildman–Crippen MR) is 98.3 cm³/mol. The Morgan fingerprint density at radius 2 is 2.04 bits per heavy atom. The van der Waals surface area contributed by atoms with Crippen LogP contribution >= 0.6 is 11.6 Å². The van der Waals surface area contributed by atoms with Crippen LogP contribution in [0.5, 0.6) is 0 Å². The lowest BCUT2D eigenvalue weighted by molar-refractivity contribution is -0.120. The van der Waals surface area contributed by atoms with Crippen molar-refractivity contribution in [3.8, 4) is 5.69 Å². The molecule has 0 atom stereocenters. The molecule has 0 bridgehead atoms. The Hall–Kier alpha value is -2.34. The number of carbonyl (C=O) groups excluding carboxylic acids is 2. The summed E-state index contributed by atoms with van der Waals surface area (Å²) < 4.78 is 1.71. The Kier molecular flexibility index (Phi) is 6.58. The van der Waals surface area contributed by atoms with Crippen molar-refractivity contribution in [1.82, 2.24) is 20.4 Å². The van der Waals surface area contributed by atoms with Gasteiger partial charge >= 0.3 is 0 Å². The highest BCUT2D eigenvalue weighted by molar-refractivity contribution is 6.30. The van der Waals surface area contributed by atoms with E-state index < -0.39 is 0 Å². The van der Waals surface area contributed by atoms with Crippen molar-refractivity contribution in [1.29, 1.82) is 0 Å². The summed E-state index contributed by atoms with van der Waals surface area (Å²) in [6, 6.07) is 7.29. The van der Waals surface area contributed by atoms with Crippen LogP contribution in [0.25, 0.3) is 5.69 Å². The third-order valence-corrected chi connectivity index (χ3v) is 3.87. The van der Waals surface area contributed by atoms with Gasteiger partial charge in [0.25, 0.3) is 5.91 Å². The summed E-state index contributed by atoms with van der Waals surface area (Å²) in [6.07, 6.45) is 2.37. The molecule has 2 rings (SSSR count). The average Bonchev–Trinajstić information content (AvgIpc) is 3.03. The fourth-order valence-corrected chi connectivity index (χ4v) is 2.67. The standard InChI is InChI=1S/C18H23ClN4O2/c1-4-8-20-16(24)11-21-18(25)15-10-22-23(17(15)12(2)3)14-7-5-6-13(19)9-14/h5-7,9-10,12H,4,8,11H2,1-3H3,(H,20,24)(H,21,25). The molecule has 7 heteroatoms. The van der Waals surface area contributed by atoms with Gasteiger partial charge in [0, 0.05) is 11.6 Å². The highest BCUT2D eigenvalue weighted by atomic mass is 35.5. The van der Waals surface area contributed by atoms with Crippen LogP contribution in [-0.4, -0.2) is 34.7 Å². The normalized spacial score (nSPS) is 10.8. The molecule has 0 radical (unpaired) electrons. The topological polar surface area (TPSA) is 76.0 Å². The molecule has 0 saturated heterocycles. The van der Waals surface area contributed by atoms with E-state index in [1.807, 2.05) is 32.9 Å². The van der Waals surface area contributed by atoms with E-state index in [4.69, 9.17) is 11.6 Å². The molecule has 0 aliphatic rings.